The minimum atomic E-state index is -3.39. The van der Waals surface area contributed by atoms with Crippen molar-refractivity contribution in [3.8, 4) is 0 Å². The molecular formula is C9H17NO5S. The van der Waals surface area contributed by atoms with Gasteiger partial charge in [0.25, 0.3) is 0 Å². The Hall–Kier alpha value is -0.660. The van der Waals surface area contributed by atoms with E-state index in [9.17, 15) is 13.2 Å². The van der Waals surface area contributed by atoms with E-state index >= 15 is 0 Å². The molecule has 0 saturated carbocycles. The van der Waals surface area contributed by atoms with Crippen LogP contribution in [0.15, 0.2) is 0 Å². The fourth-order valence-corrected chi connectivity index (χ4v) is 3.30. The van der Waals surface area contributed by atoms with Crippen LogP contribution in [0.3, 0.4) is 0 Å². The Kier molecular flexibility index (Phi) is 4.69. The van der Waals surface area contributed by atoms with Crippen molar-refractivity contribution >= 4 is 15.8 Å². The standard InChI is InChI=1S/C9H17NO5S/c1-14-9(11)3-5-16(12,13)8-6-15-4-2-7(8)10/h7-8H,2-6,10H2,1H3. The molecule has 0 aromatic carbocycles. The lowest BCUT2D eigenvalue weighted by atomic mass is 10.1. The Bertz CT molecular complexity index is 340. The molecule has 2 N–H and O–H groups in total. The van der Waals surface area contributed by atoms with Crippen LogP contribution < -0.4 is 5.73 Å². The Morgan fingerprint density at radius 3 is 2.81 bits per heavy atom. The number of nitrogens with two attached hydrogens (primary N) is 1. The molecule has 1 aliphatic rings. The quantitative estimate of drug-likeness (QED) is 0.649. The highest BCUT2D eigenvalue weighted by Crippen LogP contribution is 2.15. The van der Waals surface area contributed by atoms with Crippen LogP contribution in [0.5, 0.6) is 0 Å². The average molecular weight is 251 g/mol. The molecule has 1 aliphatic heterocycles. The van der Waals surface area contributed by atoms with E-state index in [2.05, 4.69) is 4.74 Å². The molecule has 0 amide bonds. The second-order valence-electron chi connectivity index (χ2n) is 3.76. The minimum Gasteiger partial charge on any atom is -0.469 e. The third-order valence-corrected chi connectivity index (χ3v) is 4.82. The number of rotatable bonds is 4. The lowest BCUT2D eigenvalue weighted by molar-refractivity contribution is -0.140. The molecule has 0 aromatic rings. The zero-order chi connectivity index (χ0) is 12.2. The summed E-state index contributed by atoms with van der Waals surface area (Å²) in [6.45, 7) is 0.606. The van der Waals surface area contributed by atoms with Gasteiger partial charge in [-0.25, -0.2) is 8.42 Å². The monoisotopic (exact) mass is 251 g/mol. The molecule has 94 valence electrons. The van der Waals surface area contributed by atoms with E-state index in [0.29, 0.717) is 13.0 Å². The van der Waals surface area contributed by atoms with E-state index in [1.165, 1.54) is 7.11 Å². The molecule has 1 rings (SSSR count). The molecule has 0 aromatic heterocycles. The summed E-state index contributed by atoms with van der Waals surface area (Å²) in [5.41, 5.74) is 5.73. The summed E-state index contributed by atoms with van der Waals surface area (Å²) in [5, 5.41) is -0.703. The Labute approximate surface area is 95.0 Å². The molecule has 1 saturated heterocycles. The topological polar surface area (TPSA) is 95.7 Å². The highest BCUT2D eigenvalue weighted by Gasteiger charge is 2.34. The number of sulfone groups is 1. The normalized spacial score (nSPS) is 26.4. The summed E-state index contributed by atoms with van der Waals surface area (Å²) in [5.74, 6) is -0.768. The van der Waals surface area contributed by atoms with Crippen molar-refractivity contribution in [1.82, 2.24) is 0 Å². The Balaban J connectivity index is 2.58. The number of carbonyl (C=O) groups is 1. The maximum atomic E-state index is 11.8. The Morgan fingerprint density at radius 1 is 1.56 bits per heavy atom. The largest absolute Gasteiger partial charge is 0.469 e. The van der Waals surface area contributed by atoms with E-state index in [0.717, 1.165) is 0 Å². The van der Waals surface area contributed by atoms with Crippen molar-refractivity contribution < 1.29 is 22.7 Å². The van der Waals surface area contributed by atoms with Gasteiger partial charge in [0.15, 0.2) is 9.84 Å². The minimum absolute atomic E-state index is 0.116. The predicted molar refractivity (Wildman–Crippen MR) is 57.6 cm³/mol. The predicted octanol–water partition coefficient (Wildman–Crippen LogP) is -0.919. The second-order valence-corrected chi connectivity index (χ2v) is 6.10. The summed E-state index contributed by atoms with van der Waals surface area (Å²) >= 11 is 0. The number of hydrogen-bond acceptors (Lipinski definition) is 6. The smallest absolute Gasteiger partial charge is 0.306 e. The number of hydrogen-bond donors (Lipinski definition) is 1. The van der Waals surface area contributed by atoms with E-state index in [-0.39, 0.29) is 18.8 Å². The van der Waals surface area contributed by atoms with E-state index < -0.39 is 27.1 Å². The molecule has 16 heavy (non-hydrogen) atoms. The van der Waals surface area contributed by atoms with Crippen LogP contribution in [0, 0.1) is 0 Å². The number of methoxy groups -OCH3 is 1. The first-order valence-electron chi connectivity index (χ1n) is 5.09. The van der Waals surface area contributed by atoms with Crippen LogP contribution in [0.1, 0.15) is 12.8 Å². The molecule has 6 nitrogen and oxygen atoms in total. The van der Waals surface area contributed by atoms with E-state index in [1.54, 1.807) is 0 Å². The molecule has 0 radical (unpaired) electrons. The zero-order valence-corrected chi connectivity index (χ0v) is 10.0. The van der Waals surface area contributed by atoms with Gasteiger partial charge in [0.1, 0.15) is 0 Å². The Morgan fingerprint density at radius 2 is 2.25 bits per heavy atom. The van der Waals surface area contributed by atoms with Gasteiger partial charge in [-0.15, -0.1) is 0 Å². The molecule has 0 spiro atoms. The first-order valence-corrected chi connectivity index (χ1v) is 6.80. The molecule has 7 heteroatoms. The first-order chi connectivity index (χ1) is 7.47. The fourth-order valence-electron chi connectivity index (χ4n) is 1.58. The van der Waals surface area contributed by atoms with Gasteiger partial charge in [-0.3, -0.25) is 4.79 Å². The summed E-state index contributed by atoms with van der Waals surface area (Å²) in [6.07, 6.45) is 0.393. The third kappa shape index (κ3) is 3.43. The van der Waals surface area contributed by atoms with Gasteiger partial charge < -0.3 is 15.2 Å². The molecule has 2 unspecified atom stereocenters. The van der Waals surface area contributed by atoms with Crippen LogP contribution in [0.2, 0.25) is 0 Å². The molecule has 2 atom stereocenters. The lowest BCUT2D eigenvalue weighted by Crippen LogP contribution is -2.48. The van der Waals surface area contributed by atoms with Crippen LogP contribution in [-0.2, 0) is 24.1 Å². The van der Waals surface area contributed by atoms with Crippen LogP contribution in [0.4, 0.5) is 0 Å². The first kappa shape index (κ1) is 13.4. The van der Waals surface area contributed by atoms with Crippen LogP contribution in [-0.4, -0.2) is 51.8 Å². The van der Waals surface area contributed by atoms with Crippen LogP contribution >= 0.6 is 0 Å². The lowest BCUT2D eigenvalue weighted by Gasteiger charge is -2.28. The van der Waals surface area contributed by atoms with E-state index in [1.807, 2.05) is 0 Å². The van der Waals surface area contributed by atoms with Crippen molar-refractivity contribution in [3.63, 3.8) is 0 Å². The zero-order valence-electron chi connectivity index (χ0n) is 9.22. The van der Waals surface area contributed by atoms with Crippen LogP contribution in [0.25, 0.3) is 0 Å². The molecular weight excluding hydrogens is 234 g/mol. The van der Waals surface area contributed by atoms with Crippen molar-refractivity contribution in [2.24, 2.45) is 5.73 Å². The van der Waals surface area contributed by atoms with Gasteiger partial charge in [-0.2, -0.15) is 0 Å². The molecule has 0 aliphatic carbocycles. The van der Waals surface area contributed by atoms with Gasteiger partial charge in [-0.1, -0.05) is 0 Å². The maximum absolute atomic E-state index is 11.8. The molecule has 1 heterocycles. The van der Waals surface area contributed by atoms with Crippen molar-refractivity contribution in [2.75, 3.05) is 26.1 Å². The maximum Gasteiger partial charge on any atom is 0.306 e. The van der Waals surface area contributed by atoms with Gasteiger partial charge in [0, 0.05) is 12.6 Å². The second kappa shape index (κ2) is 5.60. The van der Waals surface area contributed by atoms with Gasteiger partial charge in [0.2, 0.25) is 0 Å². The fraction of sp³-hybridized carbons (Fsp3) is 0.889. The summed E-state index contributed by atoms with van der Waals surface area (Å²) < 4.78 is 33.2. The molecule has 1 fully saturated rings. The van der Waals surface area contributed by atoms with E-state index in [4.69, 9.17) is 10.5 Å². The summed E-state index contributed by atoms with van der Waals surface area (Å²) in [6, 6.07) is -0.406. The highest BCUT2D eigenvalue weighted by molar-refractivity contribution is 7.92. The summed E-state index contributed by atoms with van der Waals surface area (Å²) in [7, 11) is -2.16. The third-order valence-electron chi connectivity index (χ3n) is 2.63. The summed E-state index contributed by atoms with van der Waals surface area (Å²) in [4.78, 5) is 10.9. The van der Waals surface area contributed by atoms with Gasteiger partial charge in [-0.05, 0) is 6.42 Å². The average Bonchev–Trinajstić information content (AvgIpc) is 2.26. The molecule has 0 bridgehead atoms. The van der Waals surface area contributed by atoms with Crippen molar-refractivity contribution in [2.45, 2.75) is 24.1 Å². The number of ether oxygens (including phenoxy) is 2. The number of carbonyl (C=O) groups excluding carboxylic acids is 1. The van der Waals surface area contributed by atoms with Crippen molar-refractivity contribution in [3.05, 3.63) is 0 Å². The highest BCUT2D eigenvalue weighted by atomic mass is 32.2. The van der Waals surface area contributed by atoms with Gasteiger partial charge >= 0.3 is 5.97 Å². The van der Waals surface area contributed by atoms with Gasteiger partial charge in [0.05, 0.1) is 31.1 Å². The number of esters is 1. The SMILES string of the molecule is COC(=O)CCS(=O)(=O)C1COCCC1N. The van der Waals surface area contributed by atoms with Crippen molar-refractivity contribution in [1.29, 1.82) is 0 Å².